The molecular weight excluding hydrogens is 254 g/mol. The second kappa shape index (κ2) is 6.26. The topological polar surface area (TPSA) is 75.4 Å². The van der Waals surface area contributed by atoms with Gasteiger partial charge in [0, 0.05) is 32.7 Å². The van der Waals surface area contributed by atoms with Crippen molar-refractivity contribution in [3.05, 3.63) is 28.8 Å². The third-order valence-electron chi connectivity index (χ3n) is 2.40. The van der Waals surface area contributed by atoms with E-state index in [2.05, 4.69) is 5.32 Å². The number of carbonyl (C=O) groups excluding carboxylic acids is 2. The summed E-state index contributed by atoms with van der Waals surface area (Å²) in [6, 6.07) is 4.87. The van der Waals surface area contributed by atoms with Crippen LogP contribution in [0.15, 0.2) is 18.2 Å². The lowest BCUT2D eigenvalue weighted by atomic mass is 10.1. The molecule has 5 nitrogen and oxygen atoms in total. The summed E-state index contributed by atoms with van der Waals surface area (Å²) >= 11 is 5.90. The van der Waals surface area contributed by atoms with Crippen molar-refractivity contribution in [1.29, 1.82) is 0 Å². The van der Waals surface area contributed by atoms with E-state index in [1.807, 2.05) is 0 Å². The Morgan fingerprint density at radius 1 is 1.39 bits per heavy atom. The molecule has 2 amide bonds. The first-order valence-electron chi connectivity index (χ1n) is 5.46. The third kappa shape index (κ3) is 3.63. The van der Waals surface area contributed by atoms with Crippen LogP contribution in [0.1, 0.15) is 16.8 Å². The van der Waals surface area contributed by atoms with Crippen LogP contribution in [0.25, 0.3) is 0 Å². The van der Waals surface area contributed by atoms with E-state index in [-0.39, 0.29) is 30.3 Å². The summed E-state index contributed by atoms with van der Waals surface area (Å²) in [5, 5.41) is 2.91. The number of nitrogen functional groups attached to an aromatic ring is 1. The molecule has 0 atom stereocenters. The number of benzene rings is 1. The number of hydrogen-bond donors (Lipinski definition) is 2. The highest BCUT2D eigenvalue weighted by atomic mass is 35.5. The number of amides is 2. The fourth-order valence-electron chi connectivity index (χ4n) is 1.38. The van der Waals surface area contributed by atoms with Crippen molar-refractivity contribution in [3.63, 3.8) is 0 Å². The maximum absolute atomic E-state index is 11.8. The van der Waals surface area contributed by atoms with Gasteiger partial charge in [-0.3, -0.25) is 9.59 Å². The van der Waals surface area contributed by atoms with Gasteiger partial charge in [-0.25, -0.2) is 0 Å². The highest BCUT2D eigenvalue weighted by molar-refractivity contribution is 6.34. The molecule has 0 saturated heterocycles. The molecule has 6 heteroatoms. The van der Waals surface area contributed by atoms with Crippen LogP contribution in [0.4, 0.5) is 5.69 Å². The Bertz CT molecular complexity index is 440. The number of nitrogens with two attached hydrogens (primary N) is 1. The van der Waals surface area contributed by atoms with Crippen LogP contribution in [-0.4, -0.2) is 37.4 Å². The van der Waals surface area contributed by atoms with E-state index in [0.29, 0.717) is 10.7 Å². The SMILES string of the molecule is CN(C)C(=O)CCNC(=O)c1c(N)cccc1Cl. The fraction of sp³-hybridized carbons (Fsp3) is 0.333. The number of anilines is 1. The van der Waals surface area contributed by atoms with Gasteiger partial charge in [0.25, 0.3) is 5.91 Å². The molecule has 0 aliphatic carbocycles. The summed E-state index contributed by atoms with van der Waals surface area (Å²) < 4.78 is 0. The lowest BCUT2D eigenvalue weighted by Gasteiger charge is -2.11. The Labute approximate surface area is 111 Å². The maximum Gasteiger partial charge on any atom is 0.254 e. The summed E-state index contributed by atoms with van der Waals surface area (Å²) in [6.45, 7) is 0.251. The van der Waals surface area contributed by atoms with Crippen LogP contribution >= 0.6 is 11.6 Å². The summed E-state index contributed by atoms with van der Waals surface area (Å²) in [7, 11) is 3.33. The van der Waals surface area contributed by atoms with Gasteiger partial charge in [0.15, 0.2) is 0 Å². The van der Waals surface area contributed by atoms with Gasteiger partial charge in [0.1, 0.15) is 0 Å². The summed E-state index contributed by atoms with van der Waals surface area (Å²) in [5.74, 6) is -0.424. The van der Waals surface area contributed by atoms with Crippen LogP contribution in [0.5, 0.6) is 0 Å². The minimum absolute atomic E-state index is 0.0533. The van der Waals surface area contributed by atoms with Gasteiger partial charge < -0.3 is 16.0 Å². The molecule has 1 aromatic carbocycles. The average molecular weight is 270 g/mol. The molecule has 0 heterocycles. The number of nitrogens with zero attached hydrogens (tertiary/aromatic N) is 1. The number of carbonyl (C=O) groups is 2. The van der Waals surface area contributed by atoms with Crippen molar-refractivity contribution in [3.8, 4) is 0 Å². The zero-order valence-corrected chi connectivity index (χ0v) is 11.1. The van der Waals surface area contributed by atoms with Gasteiger partial charge in [-0.05, 0) is 12.1 Å². The Balaban J connectivity index is 2.59. The maximum atomic E-state index is 11.8. The van der Waals surface area contributed by atoms with E-state index in [0.717, 1.165) is 0 Å². The molecule has 0 aliphatic rings. The highest BCUT2D eigenvalue weighted by Gasteiger charge is 2.13. The second-order valence-corrected chi connectivity index (χ2v) is 4.41. The van der Waals surface area contributed by atoms with Crippen molar-refractivity contribution in [2.75, 3.05) is 26.4 Å². The number of rotatable bonds is 4. The summed E-state index contributed by atoms with van der Waals surface area (Å²) in [5.41, 5.74) is 6.25. The molecule has 0 aromatic heterocycles. The van der Waals surface area contributed by atoms with Crippen molar-refractivity contribution in [2.24, 2.45) is 0 Å². The summed E-state index contributed by atoms with van der Waals surface area (Å²) in [4.78, 5) is 24.6. The van der Waals surface area contributed by atoms with Crippen molar-refractivity contribution < 1.29 is 9.59 Å². The molecular formula is C12H16ClN3O2. The molecule has 1 rings (SSSR count). The van der Waals surface area contributed by atoms with E-state index in [9.17, 15) is 9.59 Å². The van der Waals surface area contributed by atoms with E-state index in [1.54, 1.807) is 32.3 Å². The number of nitrogens with one attached hydrogen (secondary N) is 1. The van der Waals surface area contributed by atoms with Crippen molar-refractivity contribution in [2.45, 2.75) is 6.42 Å². The average Bonchev–Trinajstić information content (AvgIpc) is 2.28. The minimum atomic E-state index is -0.371. The van der Waals surface area contributed by atoms with Gasteiger partial charge in [0.05, 0.1) is 10.6 Å². The minimum Gasteiger partial charge on any atom is -0.398 e. The first-order valence-corrected chi connectivity index (χ1v) is 5.83. The molecule has 3 N–H and O–H groups in total. The molecule has 18 heavy (non-hydrogen) atoms. The van der Waals surface area contributed by atoms with Crippen LogP contribution in [0.3, 0.4) is 0 Å². The molecule has 0 radical (unpaired) electrons. The smallest absolute Gasteiger partial charge is 0.254 e. The first-order chi connectivity index (χ1) is 8.43. The fourth-order valence-corrected chi connectivity index (χ4v) is 1.64. The molecule has 0 unspecified atom stereocenters. The number of hydrogen-bond acceptors (Lipinski definition) is 3. The molecule has 0 spiro atoms. The molecule has 0 aliphatic heterocycles. The first kappa shape index (κ1) is 14.3. The Kier molecular flexibility index (Phi) is 4.97. The van der Waals surface area contributed by atoms with Crippen LogP contribution in [0, 0.1) is 0 Å². The second-order valence-electron chi connectivity index (χ2n) is 4.00. The van der Waals surface area contributed by atoms with Gasteiger partial charge in [-0.15, -0.1) is 0 Å². The lowest BCUT2D eigenvalue weighted by molar-refractivity contribution is -0.128. The normalized spacial score (nSPS) is 9.94. The molecule has 1 aromatic rings. The van der Waals surface area contributed by atoms with Crippen molar-refractivity contribution in [1.82, 2.24) is 10.2 Å². The largest absolute Gasteiger partial charge is 0.398 e. The molecule has 0 saturated carbocycles. The zero-order valence-electron chi connectivity index (χ0n) is 10.4. The lowest BCUT2D eigenvalue weighted by Crippen LogP contribution is -2.30. The van der Waals surface area contributed by atoms with E-state index in [1.165, 1.54) is 4.90 Å². The monoisotopic (exact) mass is 269 g/mol. The van der Waals surface area contributed by atoms with Gasteiger partial charge in [-0.1, -0.05) is 17.7 Å². The van der Waals surface area contributed by atoms with Crippen LogP contribution in [-0.2, 0) is 4.79 Å². The van der Waals surface area contributed by atoms with E-state index in [4.69, 9.17) is 17.3 Å². The molecule has 98 valence electrons. The predicted octanol–water partition coefficient (Wildman–Crippen LogP) is 1.13. The van der Waals surface area contributed by atoms with Crippen LogP contribution < -0.4 is 11.1 Å². The zero-order chi connectivity index (χ0) is 13.7. The summed E-state index contributed by atoms with van der Waals surface area (Å²) in [6.07, 6.45) is 0.239. The van der Waals surface area contributed by atoms with E-state index < -0.39 is 0 Å². The molecule has 0 fully saturated rings. The predicted molar refractivity (Wildman–Crippen MR) is 71.5 cm³/mol. The Hall–Kier alpha value is -1.75. The number of halogens is 1. The third-order valence-corrected chi connectivity index (χ3v) is 2.71. The standard InChI is InChI=1S/C12H16ClN3O2/c1-16(2)10(17)6-7-15-12(18)11-8(13)4-3-5-9(11)14/h3-5H,6-7,14H2,1-2H3,(H,15,18). The Morgan fingerprint density at radius 2 is 2.06 bits per heavy atom. The van der Waals surface area contributed by atoms with E-state index >= 15 is 0 Å². The Morgan fingerprint density at radius 3 is 2.61 bits per heavy atom. The van der Waals surface area contributed by atoms with Gasteiger partial charge in [0.2, 0.25) is 5.91 Å². The van der Waals surface area contributed by atoms with Gasteiger partial charge in [-0.2, -0.15) is 0 Å². The molecule has 0 bridgehead atoms. The quantitative estimate of drug-likeness (QED) is 0.805. The van der Waals surface area contributed by atoms with Crippen LogP contribution in [0.2, 0.25) is 5.02 Å². The van der Waals surface area contributed by atoms with Gasteiger partial charge >= 0.3 is 0 Å². The van der Waals surface area contributed by atoms with Crippen molar-refractivity contribution >= 4 is 29.1 Å². The highest BCUT2D eigenvalue weighted by Crippen LogP contribution is 2.21.